The predicted molar refractivity (Wildman–Crippen MR) is 118 cm³/mol. The number of rotatable bonds is 6. The van der Waals surface area contributed by atoms with Crippen molar-refractivity contribution >= 4 is 17.7 Å². The zero-order valence-electron chi connectivity index (χ0n) is 17.6. The quantitative estimate of drug-likeness (QED) is 0.330. The van der Waals surface area contributed by atoms with E-state index in [0.29, 0.717) is 27.5 Å². The van der Waals surface area contributed by atoms with E-state index in [1.807, 2.05) is 26.0 Å². The van der Waals surface area contributed by atoms with E-state index in [0.717, 1.165) is 11.1 Å². The minimum atomic E-state index is -0.487. The molecule has 0 saturated carbocycles. The van der Waals surface area contributed by atoms with Gasteiger partial charge in [-0.05, 0) is 49.4 Å². The highest BCUT2D eigenvalue weighted by Crippen LogP contribution is 2.23. The van der Waals surface area contributed by atoms with Gasteiger partial charge in [0, 0.05) is 5.56 Å². The topological polar surface area (TPSA) is 94.2 Å². The molecule has 1 heterocycles. The lowest BCUT2D eigenvalue weighted by molar-refractivity contribution is 0.0600. The Morgan fingerprint density at radius 3 is 2.65 bits per heavy atom. The van der Waals surface area contributed by atoms with Crippen molar-refractivity contribution in [2.45, 2.75) is 25.6 Å². The van der Waals surface area contributed by atoms with E-state index in [1.165, 1.54) is 29.5 Å². The van der Waals surface area contributed by atoms with Crippen LogP contribution in [0.1, 0.15) is 32.6 Å². The molecule has 0 bridgehead atoms. The number of hydrogen-bond donors (Lipinski definition) is 0. The molecule has 7 nitrogen and oxygen atoms in total. The molecule has 0 aliphatic carbocycles. The van der Waals surface area contributed by atoms with Crippen LogP contribution in [0.5, 0.6) is 5.88 Å². The number of aryl methyl sites for hydroxylation is 2. The Morgan fingerprint density at radius 1 is 1.19 bits per heavy atom. The van der Waals surface area contributed by atoms with E-state index in [2.05, 4.69) is 11.1 Å². The first-order valence-corrected chi connectivity index (χ1v) is 10.6. The molecule has 0 fully saturated rings. The van der Waals surface area contributed by atoms with Crippen molar-refractivity contribution in [3.05, 3.63) is 80.6 Å². The molecule has 0 unspecified atom stereocenters. The van der Waals surface area contributed by atoms with E-state index in [-0.39, 0.29) is 18.0 Å². The minimum absolute atomic E-state index is 0.115. The zero-order chi connectivity index (χ0) is 22.5. The summed E-state index contributed by atoms with van der Waals surface area (Å²) in [4.78, 5) is 29.3. The number of nitriles is 1. The first-order chi connectivity index (χ1) is 14.9. The molecule has 0 aliphatic rings. The van der Waals surface area contributed by atoms with Crippen LogP contribution in [-0.4, -0.2) is 28.9 Å². The molecule has 158 valence electrons. The fourth-order valence-corrected chi connectivity index (χ4v) is 3.59. The van der Waals surface area contributed by atoms with E-state index in [1.54, 1.807) is 30.5 Å². The summed E-state index contributed by atoms with van der Waals surface area (Å²) in [5.41, 5.74) is 3.56. The summed E-state index contributed by atoms with van der Waals surface area (Å²) in [5.74, 6) is -0.323. The maximum atomic E-state index is 13.0. The van der Waals surface area contributed by atoms with E-state index < -0.39 is 5.97 Å². The Labute approximate surface area is 184 Å². The summed E-state index contributed by atoms with van der Waals surface area (Å²) in [6.07, 6.45) is 1.80. The lowest BCUT2D eigenvalue weighted by Crippen LogP contribution is -2.22. The summed E-state index contributed by atoms with van der Waals surface area (Å²) < 4.78 is 12.0. The average Bonchev–Trinajstić information content (AvgIpc) is 2.77. The van der Waals surface area contributed by atoms with Crippen LogP contribution in [0, 0.1) is 25.2 Å². The highest BCUT2D eigenvalue weighted by Gasteiger charge is 2.16. The van der Waals surface area contributed by atoms with Crippen molar-refractivity contribution in [2.24, 2.45) is 0 Å². The number of ether oxygens (including phenoxy) is 2. The van der Waals surface area contributed by atoms with Gasteiger partial charge < -0.3 is 9.47 Å². The minimum Gasteiger partial charge on any atom is -0.473 e. The Hall–Kier alpha value is -3.57. The number of aromatic nitrogens is 2. The van der Waals surface area contributed by atoms with Crippen LogP contribution in [0.3, 0.4) is 0 Å². The Bertz CT molecular complexity index is 1240. The number of thioether (sulfide) groups is 1. The molecule has 0 atom stereocenters. The Morgan fingerprint density at radius 2 is 1.97 bits per heavy atom. The molecule has 0 N–H and O–H groups in total. The fraction of sp³-hybridized carbons (Fsp3) is 0.217. The average molecular weight is 436 g/mol. The normalized spacial score (nSPS) is 10.4. The van der Waals surface area contributed by atoms with Crippen molar-refractivity contribution < 1.29 is 14.3 Å². The van der Waals surface area contributed by atoms with Gasteiger partial charge in [-0.15, -0.1) is 0 Å². The van der Waals surface area contributed by atoms with Crippen LogP contribution in [0.2, 0.25) is 0 Å². The SMILES string of the molecule is COC(=O)c1ccc(C)c(-n2c(SC)nc(OCc3ccc(C)cc3C#N)cc2=O)c1. The maximum absolute atomic E-state index is 13.0. The summed E-state index contributed by atoms with van der Waals surface area (Å²) in [6, 6.07) is 14.0. The number of benzene rings is 2. The van der Waals surface area contributed by atoms with Gasteiger partial charge in [0.25, 0.3) is 5.56 Å². The first kappa shape index (κ1) is 22.1. The van der Waals surface area contributed by atoms with E-state index in [9.17, 15) is 14.9 Å². The molecule has 2 aromatic carbocycles. The van der Waals surface area contributed by atoms with Gasteiger partial charge in [0.1, 0.15) is 6.61 Å². The van der Waals surface area contributed by atoms with Crippen LogP contribution < -0.4 is 10.3 Å². The van der Waals surface area contributed by atoms with Crippen LogP contribution in [0.15, 0.2) is 52.4 Å². The molecule has 0 aliphatic heterocycles. The molecular weight excluding hydrogens is 414 g/mol. The van der Waals surface area contributed by atoms with Gasteiger partial charge in [-0.3, -0.25) is 9.36 Å². The van der Waals surface area contributed by atoms with Crippen molar-refractivity contribution in [1.29, 1.82) is 5.26 Å². The number of nitrogens with zero attached hydrogens (tertiary/aromatic N) is 3. The standard InChI is InChI=1S/C23H21N3O4S/c1-14-5-7-17(18(9-14)12-24)13-30-20-11-21(27)26(23(25-20)31-4)19-10-16(22(28)29-3)8-6-15(19)2/h5-11H,13H2,1-4H3. The second-order valence-electron chi connectivity index (χ2n) is 6.81. The number of methoxy groups -OCH3 is 1. The molecule has 0 amide bonds. The Kier molecular flexibility index (Phi) is 6.78. The first-order valence-electron chi connectivity index (χ1n) is 9.37. The molecule has 3 aromatic rings. The molecular formula is C23H21N3O4S. The van der Waals surface area contributed by atoms with Gasteiger partial charge in [0.05, 0.1) is 36.1 Å². The van der Waals surface area contributed by atoms with Crippen LogP contribution >= 0.6 is 11.8 Å². The van der Waals surface area contributed by atoms with Gasteiger partial charge in [-0.25, -0.2) is 4.79 Å². The van der Waals surface area contributed by atoms with Gasteiger partial charge in [-0.2, -0.15) is 10.2 Å². The number of carbonyl (C=O) groups excluding carboxylic acids is 1. The van der Waals surface area contributed by atoms with Gasteiger partial charge in [-0.1, -0.05) is 30.0 Å². The lowest BCUT2D eigenvalue weighted by atomic mass is 10.1. The molecule has 0 radical (unpaired) electrons. The maximum Gasteiger partial charge on any atom is 0.337 e. The second kappa shape index (κ2) is 9.49. The molecule has 8 heteroatoms. The molecule has 31 heavy (non-hydrogen) atoms. The van der Waals surface area contributed by atoms with Crippen LogP contribution in [-0.2, 0) is 11.3 Å². The van der Waals surface area contributed by atoms with Gasteiger partial charge in [0.15, 0.2) is 5.16 Å². The van der Waals surface area contributed by atoms with Crippen LogP contribution in [0.4, 0.5) is 0 Å². The zero-order valence-corrected chi connectivity index (χ0v) is 18.4. The lowest BCUT2D eigenvalue weighted by Gasteiger charge is -2.15. The van der Waals surface area contributed by atoms with Crippen molar-refractivity contribution in [3.63, 3.8) is 0 Å². The van der Waals surface area contributed by atoms with Crippen LogP contribution in [0.25, 0.3) is 5.69 Å². The van der Waals surface area contributed by atoms with Crippen molar-refractivity contribution in [1.82, 2.24) is 9.55 Å². The summed E-state index contributed by atoms with van der Waals surface area (Å²) >= 11 is 1.28. The predicted octanol–water partition coefficient (Wildman–Crippen LogP) is 3.81. The number of esters is 1. The highest BCUT2D eigenvalue weighted by molar-refractivity contribution is 7.98. The third-order valence-electron chi connectivity index (χ3n) is 4.68. The fourth-order valence-electron chi connectivity index (χ4n) is 3.04. The van der Waals surface area contributed by atoms with Crippen molar-refractivity contribution in [3.8, 4) is 17.6 Å². The largest absolute Gasteiger partial charge is 0.473 e. The molecule has 3 rings (SSSR count). The Balaban J connectivity index is 1.98. The highest BCUT2D eigenvalue weighted by atomic mass is 32.2. The summed E-state index contributed by atoms with van der Waals surface area (Å²) in [7, 11) is 1.31. The third-order valence-corrected chi connectivity index (χ3v) is 5.32. The summed E-state index contributed by atoms with van der Waals surface area (Å²) in [6.45, 7) is 3.87. The van der Waals surface area contributed by atoms with Gasteiger partial charge >= 0.3 is 5.97 Å². The number of hydrogen-bond acceptors (Lipinski definition) is 7. The summed E-state index contributed by atoms with van der Waals surface area (Å²) in [5, 5.41) is 9.74. The van der Waals surface area contributed by atoms with Crippen molar-refractivity contribution in [2.75, 3.05) is 13.4 Å². The number of carbonyl (C=O) groups is 1. The second-order valence-corrected chi connectivity index (χ2v) is 7.58. The monoisotopic (exact) mass is 435 g/mol. The van der Waals surface area contributed by atoms with E-state index in [4.69, 9.17) is 9.47 Å². The smallest absolute Gasteiger partial charge is 0.337 e. The van der Waals surface area contributed by atoms with Gasteiger partial charge in [0.2, 0.25) is 5.88 Å². The third kappa shape index (κ3) is 4.78. The molecule has 0 spiro atoms. The molecule has 0 saturated heterocycles. The van der Waals surface area contributed by atoms with E-state index >= 15 is 0 Å². The molecule has 1 aromatic heterocycles.